The van der Waals surface area contributed by atoms with Crippen molar-refractivity contribution in [2.75, 3.05) is 0 Å². The van der Waals surface area contributed by atoms with Crippen molar-refractivity contribution in [3.8, 4) is 6.07 Å². The second-order valence-corrected chi connectivity index (χ2v) is 5.93. The summed E-state index contributed by atoms with van der Waals surface area (Å²) < 4.78 is 0. The summed E-state index contributed by atoms with van der Waals surface area (Å²) in [5.41, 5.74) is 5.82. The molecule has 1 saturated carbocycles. The highest BCUT2D eigenvalue weighted by atomic mass is 14.4. The first-order chi connectivity index (χ1) is 9.88. The molecule has 0 spiro atoms. The van der Waals surface area contributed by atoms with Gasteiger partial charge in [0.05, 0.1) is 12.0 Å². The maximum Gasteiger partial charge on any atom is 0.0701 e. The minimum absolute atomic E-state index is 0.0471. The smallest absolute Gasteiger partial charge is 0.0701 e. The molecule has 0 radical (unpaired) electrons. The molecule has 20 heavy (non-hydrogen) atoms. The molecular formula is C19H17N. The minimum Gasteiger partial charge on any atom is -0.198 e. The van der Waals surface area contributed by atoms with Crippen LogP contribution in [0.15, 0.2) is 70.9 Å². The van der Waals surface area contributed by atoms with Crippen molar-refractivity contribution in [1.29, 1.82) is 5.26 Å². The number of nitriles is 1. The zero-order chi connectivity index (χ0) is 13.5. The van der Waals surface area contributed by atoms with Crippen LogP contribution in [0.2, 0.25) is 0 Å². The third kappa shape index (κ3) is 1.61. The summed E-state index contributed by atoms with van der Waals surface area (Å²) in [6.07, 6.45) is 21.1. The second-order valence-electron chi connectivity index (χ2n) is 5.93. The van der Waals surface area contributed by atoms with Gasteiger partial charge in [-0.3, -0.25) is 0 Å². The molecular weight excluding hydrogens is 242 g/mol. The van der Waals surface area contributed by atoms with E-state index in [4.69, 9.17) is 0 Å². The normalized spacial score (nSPS) is 33.6. The molecule has 4 aliphatic rings. The molecule has 1 fully saturated rings. The molecule has 0 bridgehead atoms. The highest BCUT2D eigenvalue weighted by Crippen LogP contribution is 2.51. The molecule has 0 aromatic heterocycles. The van der Waals surface area contributed by atoms with Gasteiger partial charge in [0.2, 0.25) is 0 Å². The molecule has 3 unspecified atom stereocenters. The van der Waals surface area contributed by atoms with E-state index in [1.165, 1.54) is 16.7 Å². The van der Waals surface area contributed by atoms with Crippen molar-refractivity contribution in [3.63, 3.8) is 0 Å². The van der Waals surface area contributed by atoms with Gasteiger partial charge in [-0.15, -0.1) is 0 Å². The standard InChI is InChI=1S/C19H17N/c20-12-13-9-10-18-16-7-2-1-5-14(16)15-6-3-4-8-17(15)19(18)11-13/h1-5,8,10-11,13,15-16H,6-7,9H2. The van der Waals surface area contributed by atoms with E-state index in [1.807, 2.05) is 0 Å². The highest BCUT2D eigenvalue weighted by Gasteiger charge is 2.38. The number of hydrogen-bond acceptors (Lipinski definition) is 1. The predicted octanol–water partition coefficient (Wildman–Crippen LogP) is 4.40. The van der Waals surface area contributed by atoms with Gasteiger partial charge in [-0.05, 0) is 36.0 Å². The Morgan fingerprint density at radius 3 is 2.50 bits per heavy atom. The lowest BCUT2D eigenvalue weighted by molar-refractivity contribution is 0.554. The van der Waals surface area contributed by atoms with Gasteiger partial charge < -0.3 is 0 Å². The van der Waals surface area contributed by atoms with Gasteiger partial charge in [-0.2, -0.15) is 5.26 Å². The molecule has 0 N–H and O–H groups in total. The monoisotopic (exact) mass is 259 g/mol. The van der Waals surface area contributed by atoms with Crippen molar-refractivity contribution in [3.05, 3.63) is 70.9 Å². The Balaban J connectivity index is 1.88. The molecule has 1 nitrogen and oxygen atoms in total. The van der Waals surface area contributed by atoms with Crippen molar-refractivity contribution < 1.29 is 0 Å². The van der Waals surface area contributed by atoms with Crippen LogP contribution < -0.4 is 0 Å². The van der Waals surface area contributed by atoms with Crippen LogP contribution in [0.1, 0.15) is 19.3 Å². The molecule has 0 aromatic carbocycles. The molecule has 0 aromatic rings. The summed E-state index contributed by atoms with van der Waals surface area (Å²) in [6, 6.07) is 2.41. The first kappa shape index (κ1) is 11.7. The minimum atomic E-state index is 0.0471. The fourth-order valence-electron chi connectivity index (χ4n) is 3.95. The second kappa shape index (κ2) is 4.49. The molecule has 98 valence electrons. The van der Waals surface area contributed by atoms with Crippen LogP contribution in [0.3, 0.4) is 0 Å². The van der Waals surface area contributed by atoms with Gasteiger partial charge in [0.25, 0.3) is 0 Å². The summed E-state index contributed by atoms with van der Waals surface area (Å²) >= 11 is 0. The van der Waals surface area contributed by atoms with Crippen LogP contribution in [0, 0.1) is 29.1 Å². The molecule has 3 atom stereocenters. The van der Waals surface area contributed by atoms with E-state index in [-0.39, 0.29) is 5.92 Å². The fraction of sp³-hybridized carbons (Fsp3) is 0.316. The lowest BCUT2D eigenvalue weighted by Gasteiger charge is -2.41. The van der Waals surface area contributed by atoms with E-state index in [1.54, 1.807) is 5.57 Å². The Bertz CT molecular complexity index is 673. The molecule has 1 heteroatoms. The maximum absolute atomic E-state index is 9.23. The number of hydrogen-bond donors (Lipinski definition) is 0. The summed E-state index contributed by atoms with van der Waals surface area (Å²) in [5, 5.41) is 9.23. The topological polar surface area (TPSA) is 23.8 Å². The van der Waals surface area contributed by atoms with Crippen molar-refractivity contribution in [2.24, 2.45) is 17.8 Å². The SMILES string of the molecule is N#CC1C=C2C3=CC=CCC3C3=CC=CCC3C2=CC1. The average Bonchev–Trinajstić information content (AvgIpc) is 2.54. The van der Waals surface area contributed by atoms with E-state index < -0.39 is 0 Å². The summed E-state index contributed by atoms with van der Waals surface area (Å²) in [4.78, 5) is 0. The van der Waals surface area contributed by atoms with E-state index >= 15 is 0 Å². The lowest BCUT2D eigenvalue weighted by Crippen LogP contribution is -2.29. The first-order valence-corrected chi connectivity index (χ1v) is 7.44. The zero-order valence-electron chi connectivity index (χ0n) is 11.4. The van der Waals surface area contributed by atoms with E-state index in [9.17, 15) is 5.26 Å². The Kier molecular flexibility index (Phi) is 2.63. The van der Waals surface area contributed by atoms with E-state index in [2.05, 4.69) is 54.7 Å². The fourth-order valence-corrected chi connectivity index (χ4v) is 3.95. The van der Waals surface area contributed by atoms with Crippen LogP contribution in [0.5, 0.6) is 0 Å². The van der Waals surface area contributed by atoms with Crippen LogP contribution in [0.4, 0.5) is 0 Å². The Hall–Kier alpha value is -2.07. The van der Waals surface area contributed by atoms with E-state index in [0.29, 0.717) is 11.8 Å². The highest BCUT2D eigenvalue weighted by molar-refractivity contribution is 5.62. The largest absolute Gasteiger partial charge is 0.198 e. The molecule has 0 heterocycles. The maximum atomic E-state index is 9.23. The average molecular weight is 259 g/mol. The quantitative estimate of drug-likeness (QED) is 0.632. The number of nitrogens with zero attached hydrogens (tertiary/aromatic N) is 1. The third-order valence-electron chi connectivity index (χ3n) is 4.88. The zero-order valence-corrected chi connectivity index (χ0v) is 11.4. The van der Waals surface area contributed by atoms with E-state index in [0.717, 1.165) is 19.3 Å². The van der Waals surface area contributed by atoms with Crippen molar-refractivity contribution >= 4 is 0 Å². The van der Waals surface area contributed by atoms with Gasteiger partial charge in [-0.1, -0.05) is 54.2 Å². The van der Waals surface area contributed by atoms with Gasteiger partial charge in [0, 0.05) is 11.8 Å². The number of rotatable bonds is 0. The molecule has 4 aliphatic carbocycles. The first-order valence-electron chi connectivity index (χ1n) is 7.44. The van der Waals surface area contributed by atoms with Crippen LogP contribution in [-0.4, -0.2) is 0 Å². The van der Waals surface area contributed by atoms with Crippen molar-refractivity contribution in [2.45, 2.75) is 19.3 Å². The predicted molar refractivity (Wildman–Crippen MR) is 80.5 cm³/mol. The van der Waals surface area contributed by atoms with Crippen LogP contribution in [0.25, 0.3) is 0 Å². The van der Waals surface area contributed by atoms with Crippen LogP contribution >= 0.6 is 0 Å². The summed E-state index contributed by atoms with van der Waals surface area (Å²) in [5.74, 6) is 1.11. The summed E-state index contributed by atoms with van der Waals surface area (Å²) in [7, 11) is 0. The van der Waals surface area contributed by atoms with Gasteiger partial charge in [0.1, 0.15) is 0 Å². The summed E-state index contributed by atoms with van der Waals surface area (Å²) in [6.45, 7) is 0. The molecule has 0 aliphatic heterocycles. The van der Waals surface area contributed by atoms with Gasteiger partial charge >= 0.3 is 0 Å². The number of allylic oxidation sites excluding steroid dienone is 12. The van der Waals surface area contributed by atoms with Gasteiger partial charge in [-0.25, -0.2) is 0 Å². The Morgan fingerprint density at radius 1 is 0.950 bits per heavy atom. The van der Waals surface area contributed by atoms with Crippen LogP contribution in [-0.2, 0) is 0 Å². The Morgan fingerprint density at radius 2 is 1.70 bits per heavy atom. The third-order valence-corrected chi connectivity index (χ3v) is 4.88. The van der Waals surface area contributed by atoms with Crippen molar-refractivity contribution in [1.82, 2.24) is 0 Å². The molecule has 4 rings (SSSR count). The molecule has 0 saturated heterocycles. The van der Waals surface area contributed by atoms with Gasteiger partial charge in [0.15, 0.2) is 0 Å². The number of fused-ring (bicyclic) bond motifs is 6. The lowest BCUT2D eigenvalue weighted by atomic mass is 9.62. The molecule has 0 amide bonds. The Labute approximate surface area is 120 Å².